The van der Waals surface area contributed by atoms with E-state index in [9.17, 15) is 29.1 Å². The number of esters is 4. The van der Waals surface area contributed by atoms with E-state index in [0.29, 0.717) is 0 Å². The number of carbonyl (C=O) groups excluding carboxylic acids is 5. The van der Waals surface area contributed by atoms with Crippen molar-refractivity contribution in [3.63, 3.8) is 0 Å². The maximum Gasteiger partial charge on any atom is 0.333 e. The molecule has 176 valence electrons. The van der Waals surface area contributed by atoms with Gasteiger partial charge in [0.2, 0.25) is 0 Å². The van der Waals surface area contributed by atoms with Crippen LogP contribution in [0.5, 0.6) is 0 Å². The van der Waals surface area contributed by atoms with Gasteiger partial charge < -0.3 is 24.1 Å². The van der Waals surface area contributed by atoms with Crippen molar-refractivity contribution in [3.05, 3.63) is 48.6 Å². The lowest BCUT2D eigenvalue weighted by molar-refractivity contribution is -0.197. The van der Waals surface area contributed by atoms with Crippen molar-refractivity contribution in [1.82, 2.24) is 0 Å². The van der Waals surface area contributed by atoms with Crippen LogP contribution in [0.15, 0.2) is 48.6 Å². The van der Waals surface area contributed by atoms with Crippen LogP contribution in [-0.2, 0) is 42.9 Å². The molecule has 0 bridgehead atoms. The van der Waals surface area contributed by atoms with Crippen LogP contribution < -0.4 is 0 Å². The first-order valence-electron chi connectivity index (χ1n) is 9.28. The van der Waals surface area contributed by atoms with Crippen molar-refractivity contribution in [3.8, 4) is 0 Å². The Bertz CT molecular complexity index is 823. The zero-order valence-electron chi connectivity index (χ0n) is 18.5. The lowest BCUT2D eigenvalue weighted by Gasteiger charge is -2.34. The molecule has 0 saturated carbocycles. The molecule has 0 aromatic carbocycles. The Labute approximate surface area is 186 Å². The first-order valence-corrected chi connectivity index (χ1v) is 9.28. The van der Waals surface area contributed by atoms with Gasteiger partial charge in [0, 0.05) is 22.3 Å². The lowest BCUT2D eigenvalue weighted by Crippen LogP contribution is -2.53. The minimum Gasteiger partial charge on any atom is -0.452 e. The van der Waals surface area contributed by atoms with Crippen molar-refractivity contribution >= 4 is 30.2 Å². The zero-order chi connectivity index (χ0) is 25.2. The Morgan fingerprint density at radius 2 is 1.03 bits per heavy atom. The average molecular weight is 452 g/mol. The van der Waals surface area contributed by atoms with Crippen LogP contribution in [0.25, 0.3) is 0 Å². The number of hydrogen-bond acceptors (Lipinski definition) is 10. The summed E-state index contributed by atoms with van der Waals surface area (Å²) < 4.78 is 20.5. The smallest absolute Gasteiger partial charge is 0.333 e. The summed E-state index contributed by atoms with van der Waals surface area (Å²) in [5.74, 6) is -4.03. The fourth-order valence-corrected chi connectivity index (χ4v) is 1.97. The van der Waals surface area contributed by atoms with E-state index >= 15 is 0 Å². The number of aldehydes is 1. The van der Waals surface area contributed by atoms with Crippen LogP contribution in [0.2, 0.25) is 0 Å². The summed E-state index contributed by atoms with van der Waals surface area (Å²) in [4.78, 5) is 60.2. The minimum atomic E-state index is -1.83. The number of ether oxygens (including phenoxy) is 4. The van der Waals surface area contributed by atoms with Gasteiger partial charge in [0.25, 0.3) is 0 Å². The number of carbonyl (C=O) groups is 5. The highest BCUT2D eigenvalue weighted by molar-refractivity contribution is 5.90. The van der Waals surface area contributed by atoms with Crippen molar-refractivity contribution < 1.29 is 48.0 Å². The molecule has 0 heterocycles. The molecule has 0 spiro atoms. The van der Waals surface area contributed by atoms with E-state index in [-0.39, 0.29) is 28.6 Å². The molecule has 10 nitrogen and oxygen atoms in total. The minimum absolute atomic E-state index is 0.0513. The van der Waals surface area contributed by atoms with Gasteiger partial charge in [0.15, 0.2) is 30.7 Å². The molecule has 0 aromatic rings. The molecule has 0 saturated heterocycles. The SMILES string of the molecule is C=C(C)C(=O)O[C@@H]([C@H](OC(=O)C(=C)C)[C@@H](CO)OC(=O)C(=C)C)[C@@H](C=O)OC(=O)C(=C)C. The zero-order valence-corrected chi connectivity index (χ0v) is 18.5. The maximum absolute atomic E-state index is 12.2. The van der Waals surface area contributed by atoms with Crippen LogP contribution in [-0.4, -0.2) is 66.3 Å². The second kappa shape index (κ2) is 13.0. The predicted octanol–water partition coefficient (Wildman–Crippen LogP) is 1.13. The first kappa shape index (κ1) is 28.5. The molecule has 4 atom stereocenters. The van der Waals surface area contributed by atoms with Gasteiger partial charge in [-0.1, -0.05) is 26.3 Å². The molecule has 0 unspecified atom stereocenters. The van der Waals surface area contributed by atoms with Crippen molar-refractivity contribution in [1.29, 1.82) is 0 Å². The highest BCUT2D eigenvalue weighted by Crippen LogP contribution is 2.21. The lowest BCUT2D eigenvalue weighted by atomic mass is 10.0. The molecule has 32 heavy (non-hydrogen) atoms. The predicted molar refractivity (Wildman–Crippen MR) is 112 cm³/mol. The molecule has 0 aliphatic carbocycles. The number of rotatable bonds is 13. The average Bonchev–Trinajstić information content (AvgIpc) is 2.71. The van der Waals surface area contributed by atoms with E-state index in [4.69, 9.17) is 18.9 Å². The van der Waals surface area contributed by atoms with Crippen LogP contribution in [0.1, 0.15) is 27.7 Å². The van der Waals surface area contributed by atoms with Crippen molar-refractivity contribution in [2.24, 2.45) is 0 Å². The third-order valence-electron chi connectivity index (χ3n) is 3.71. The summed E-state index contributed by atoms with van der Waals surface area (Å²) in [6, 6.07) is 0. The third kappa shape index (κ3) is 8.68. The molecule has 0 fully saturated rings. The fourth-order valence-electron chi connectivity index (χ4n) is 1.97. The Kier molecular flexibility index (Phi) is 11.6. The molecule has 10 heteroatoms. The summed E-state index contributed by atoms with van der Waals surface area (Å²) in [7, 11) is 0. The van der Waals surface area contributed by atoms with E-state index in [1.165, 1.54) is 27.7 Å². The van der Waals surface area contributed by atoms with E-state index in [2.05, 4.69) is 26.3 Å². The highest BCUT2D eigenvalue weighted by atomic mass is 16.6. The summed E-state index contributed by atoms with van der Waals surface area (Å²) in [5.41, 5.74) is -0.325. The summed E-state index contributed by atoms with van der Waals surface area (Å²) >= 11 is 0. The van der Waals surface area contributed by atoms with Gasteiger partial charge in [0.1, 0.15) is 0 Å². The monoisotopic (exact) mass is 452 g/mol. The standard InChI is InChI=1S/C22H28O10/c1-11(2)19(25)29-15(9-23)17(31-21(27)13(5)6)18(32-22(28)14(7)8)16(10-24)30-20(26)12(3)4/h9,15-18,24H,1,3,5,7,10H2,2,4,6,8H3/t15-,16-,17-,18-/m1/s1. The summed E-state index contributed by atoms with van der Waals surface area (Å²) in [6.45, 7) is 17.9. The van der Waals surface area contributed by atoms with Gasteiger partial charge in [-0.3, -0.25) is 4.79 Å². The quantitative estimate of drug-likeness (QED) is 0.187. The largest absolute Gasteiger partial charge is 0.452 e. The van der Waals surface area contributed by atoms with Crippen molar-refractivity contribution in [2.75, 3.05) is 6.61 Å². The number of aliphatic hydroxyl groups is 1. The molecule has 0 aliphatic heterocycles. The second-order valence-corrected chi connectivity index (χ2v) is 6.99. The molecule has 0 aliphatic rings. The first-order chi connectivity index (χ1) is 14.8. The molecule has 0 amide bonds. The molecule has 0 rings (SSSR count). The maximum atomic E-state index is 12.2. The van der Waals surface area contributed by atoms with E-state index in [0.717, 1.165) is 0 Å². The van der Waals surface area contributed by atoms with Crippen LogP contribution in [0.3, 0.4) is 0 Å². The molecule has 1 N–H and O–H groups in total. The number of hydrogen-bond donors (Lipinski definition) is 1. The van der Waals surface area contributed by atoms with E-state index < -0.39 is 54.9 Å². The summed E-state index contributed by atoms with van der Waals surface area (Å²) in [6.07, 6.45) is -6.98. The Hall–Kier alpha value is -3.53. The van der Waals surface area contributed by atoms with Gasteiger partial charge in [-0.25, -0.2) is 19.2 Å². The van der Waals surface area contributed by atoms with E-state index in [1.54, 1.807) is 0 Å². The Balaban J connectivity index is 6.49. The molecule has 0 aromatic heterocycles. The third-order valence-corrected chi connectivity index (χ3v) is 3.71. The molecule has 0 radical (unpaired) electrons. The van der Waals surface area contributed by atoms with E-state index in [1.807, 2.05) is 0 Å². The van der Waals surface area contributed by atoms with Gasteiger partial charge in [0.05, 0.1) is 6.61 Å². The van der Waals surface area contributed by atoms with Gasteiger partial charge in [-0.2, -0.15) is 0 Å². The van der Waals surface area contributed by atoms with Crippen LogP contribution in [0, 0.1) is 0 Å². The normalized spacial score (nSPS) is 13.9. The topological polar surface area (TPSA) is 142 Å². The van der Waals surface area contributed by atoms with Gasteiger partial charge in [-0.15, -0.1) is 0 Å². The fraction of sp³-hybridized carbons (Fsp3) is 0.409. The van der Waals surface area contributed by atoms with Gasteiger partial charge >= 0.3 is 23.9 Å². The van der Waals surface area contributed by atoms with Crippen molar-refractivity contribution in [2.45, 2.75) is 52.1 Å². The summed E-state index contributed by atoms with van der Waals surface area (Å²) in [5, 5.41) is 9.81. The highest BCUT2D eigenvalue weighted by Gasteiger charge is 2.44. The van der Waals surface area contributed by atoms with Crippen LogP contribution >= 0.6 is 0 Å². The Morgan fingerprint density at radius 1 is 0.688 bits per heavy atom. The Morgan fingerprint density at radius 3 is 1.38 bits per heavy atom. The number of aliphatic hydroxyl groups excluding tert-OH is 1. The molecular weight excluding hydrogens is 424 g/mol. The van der Waals surface area contributed by atoms with Gasteiger partial charge in [-0.05, 0) is 27.7 Å². The second-order valence-electron chi connectivity index (χ2n) is 6.99. The molecular formula is C22H28O10. The van der Waals surface area contributed by atoms with Crippen LogP contribution in [0.4, 0.5) is 0 Å².